The molecule has 0 saturated heterocycles. The highest BCUT2D eigenvalue weighted by molar-refractivity contribution is 5.71. The topological polar surface area (TPSA) is 71.5 Å². The number of nitrogens with one attached hydrogen (secondary N) is 1. The number of ether oxygens (including phenoxy) is 1. The smallest absolute Gasteiger partial charge is 0.307 e. The van der Waals surface area contributed by atoms with Crippen molar-refractivity contribution >= 4 is 11.8 Å². The van der Waals surface area contributed by atoms with Crippen LogP contribution < -0.4 is 10.1 Å². The number of nitrogens with zero attached hydrogens (tertiary/aromatic N) is 1. The Hall–Kier alpha value is -3.34. The van der Waals surface area contributed by atoms with Crippen LogP contribution >= 0.6 is 0 Å². The van der Waals surface area contributed by atoms with E-state index in [-0.39, 0.29) is 5.92 Å². The van der Waals surface area contributed by atoms with Gasteiger partial charge in [0.2, 0.25) is 0 Å². The zero-order chi connectivity index (χ0) is 22.1. The van der Waals surface area contributed by atoms with Crippen LogP contribution in [0.2, 0.25) is 0 Å². The summed E-state index contributed by atoms with van der Waals surface area (Å²) in [5.41, 5.74) is 3.14. The molecule has 0 fully saturated rings. The minimum absolute atomic E-state index is 0.0685. The van der Waals surface area contributed by atoms with Gasteiger partial charge in [0.1, 0.15) is 11.6 Å². The highest BCUT2D eigenvalue weighted by atomic mass is 16.5. The third-order valence-electron chi connectivity index (χ3n) is 5.54. The summed E-state index contributed by atoms with van der Waals surface area (Å²) in [5.74, 6) is 0.420. The summed E-state index contributed by atoms with van der Waals surface area (Å²) in [5, 5.41) is 12.8. The van der Waals surface area contributed by atoms with Crippen molar-refractivity contribution in [3.63, 3.8) is 0 Å². The molecule has 1 aromatic heterocycles. The van der Waals surface area contributed by atoms with E-state index in [4.69, 9.17) is 4.74 Å². The Labute approximate surface area is 184 Å². The summed E-state index contributed by atoms with van der Waals surface area (Å²) in [6.07, 6.45) is 2.00. The standard InChI is InChI=1S/C26H30N2O3/c1-3-23(26(29)30)24(20-8-5-4-6-9-20)18-19-12-14-22(15-13-19)31-17-16-21-10-7-11-25(27-2)28-21/h4-15,23-24H,3,16-18H2,1-2H3,(H,27,28)(H,29,30)/t23-,24?/m0/s1. The van der Waals surface area contributed by atoms with Crippen LogP contribution in [-0.2, 0) is 17.6 Å². The molecular weight excluding hydrogens is 388 g/mol. The maximum atomic E-state index is 11.8. The predicted octanol–water partition coefficient (Wildman–Crippen LogP) is 5.18. The van der Waals surface area contributed by atoms with E-state index in [2.05, 4.69) is 10.3 Å². The van der Waals surface area contributed by atoms with Crippen LogP contribution in [0.25, 0.3) is 0 Å². The molecule has 1 unspecified atom stereocenters. The summed E-state index contributed by atoms with van der Waals surface area (Å²) in [4.78, 5) is 16.3. The summed E-state index contributed by atoms with van der Waals surface area (Å²) in [6.45, 7) is 2.48. The van der Waals surface area contributed by atoms with Crippen molar-refractivity contribution in [2.45, 2.75) is 32.1 Å². The van der Waals surface area contributed by atoms with Gasteiger partial charge in [0.05, 0.1) is 12.5 Å². The van der Waals surface area contributed by atoms with Crippen LogP contribution in [0.4, 0.5) is 5.82 Å². The van der Waals surface area contributed by atoms with E-state index in [1.807, 2.05) is 86.8 Å². The fraction of sp³-hybridized carbons (Fsp3) is 0.308. The molecule has 2 aromatic carbocycles. The Kier molecular flexibility index (Phi) is 8.05. The number of benzene rings is 2. The second-order valence-electron chi connectivity index (χ2n) is 7.58. The first-order valence-electron chi connectivity index (χ1n) is 10.7. The van der Waals surface area contributed by atoms with Gasteiger partial charge in [-0.2, -0.15) is 0 Å². The van der Waals surface area contributed by atoms with Crippen molar-refractivity contribution < 1.29 is 14.6 Å². The average Bonchev–Trinajstić information content (AvgIpc) is 2.80. The van der Waals surface area contributed by atoms with Crippen molar-refractivity contribution in [3.05, 3.63) is 89.6 Å². The molecule has 0 spiro atoms. The van der Waals surface area contributed by atoms with Crippen molar-refractivity contribution in [2.24, 2.45) is 5.92 Å². The maximum absolute atomic E-state index is 11.8. The lowest BCUT2D eigenvalue weighted by Gasteiger charge is -2.24. The minimum Gasteiger partial charge on any atom is -0.493 e. The van der Waals surface area contributed by atoms with E-state index in [0.717, 1.165) is 34.8 Å². The summed E-state index contributed by atoms with van der Waals surface area (Å²) in [7, 11) is 1.85. The molecule has 0 amide bonds. The van der Waals surface area contributed by atoms with E-state index < -0.39 is 11.9 Å². The Bertz CT molecular complexity index is 958. The monoisotopic (exact) mass is 418 g/mol. The molecule has 5 nitrogen and oxygen atoms in total. The van der Waals surface area contributed by atoms with Crippen molar-refractivity contribution in [1.82, 2.24) is 4.98 Å². The van der Waals surface area contributed by atoms with Gasteiger partial charge < -0.3 is 15.2 Å². The molecule has 3 rings (SSSR count). The van der Waals surface area contributed by atoms with Crippen LogP contribution in [0.3, 0.4) is 0 Å². The third-order valence-corrected chi connectivity index (χ3v) is 5.54. The number of carbonyl (C=O) groups is 1. The van der Waals surface area contributed by atoms with E-state index >= 15 is 0 Å². The second-order valence-corrected chi connectivity index (χ2v) is 7.58. The van der Waals surface area contributed by atoms with Crippen LogP contribution in [-0.4, -0.2) is 29.7 Å². The molecule has 0 bridgehead atoms. The van der Waals surface area contributed by atoms with Crippen LogP contribution in [0.5, 0.6) is 5.75 Å². The Morgan fingerprint density at radius 3 is 2.42 bits per heavy atom. The molecule has 0 saturated carbocycles. The SMILES string of the molecule is CC[C@H](C(=O)O)C(Cc1ccc(OCCc2cccc(NC)n2)cc1)c1ccccc1. The lowest BCUT2D eigenvalue weighted by atomic mass is 9.80. The molecule has 0 aliphatic heterocycles. The Morgan fingerprint density at radius 1 is 1.03 bits per heavy atom. The fourth-order valence-corrected chi connectivity index (χ4v) is 3.83. The average molecular weight is 419 g/mol. The summed E-state index contributed by atoms with van der Waals surface area (Å²) < 4.78 is 5.88. The van der Waals surface area contributed by atoms with Crippen molar-refractivity contribution in [1.29, 1.82) is 0 Å². The van der Waals surface area contributed by atoms with Gasteiger partial charge in [0.25, 0.3) is 0 Å². The number of carboxylic acid groups (broad SMARTS) is 1. The number of pyridine rings is 1. The van der Waals surface area contributed by atoms with E-state index in [9.17, 15) is 9.90 Å². The third kappa shape index (κ3) is 6.32. The Morgan fingerprint density at radius 2 is 1.77 bits per heavy atom. The maximum Gasteiger partial charge on any atom is 0.307 e. The number of aliphatic carboxylic acids is 1. The minimum atomic E-state index is -0.743. The van der Waals surface area contributed by atoms with Gasteiger partial charge >= 0.3 is 5.97 Å². The predicted molar refractivity (Wildman–Crippen MR) is 124 cm³/mol. The van der Waals surface area contributed by atoms with Gasteiger partial charge in [0, 0.05) is 25.1 Å². The van der Waals surface area contributed by atoms with Gasteiger partial charge in [-0.05, 0) is 48.2 Å². The van der Waals surface area contributed by atoms with Gasteiger partial charge in [-0.1, -0.05) is 55.5 Å². The largest absolute Gasteiger partial charge is 0.493 e. The number of rotatable bonds is 11. The summed E-state index contributed by atoms with van der Waals surface area (Å²) >= 11 is 0. The normalized spacial score (nSPS) is 12.7. The molecule has 0 aliphatic carbocycles. The summed E-state index contributed by atoms with van der Waals surface area (Å²) in [6, 6.07) is 23.8. The molecule has 3 aromatic rings. The lowest BCUT2D eigenvalue weighted by Crippen LogP contribution is -2.23. The van der Waals surface area contributed by atoms with Gasteiger partial charge in [-0.25, -0.2) is 4.98 Å². The highest BCUT2D eigenvalue weighted by Crippen LogP contribution is 2.31. The quantitative estimate of drug-likeness (QED) is 0.449. The highest BCUT2D eigenvalue weighted by Gasteiger charge is 2.28. The molecule has 0 aliphatic rings. The molecule has 162 valence electrons. The van der Waals surface area contributed by atoms with Crippen LogP contribution in [0.1, 0.15) is 36.1 Å². The first-order chi connectivity index (χ1) is 15.1. The van der Waals surface area contributed by atoms with E-state index in [1.54, 1.807) is 0 Å². The zero-order valence-corrected chi connectivity index (χ0v) is 18.1. The molecule has 0 radical (unpaired) electrons. The zero-order valence-electron chi connectivity index (χ0n) is 18.1. The van der Waals surface area contributed by atoms with Crippen molar-refractivity contribution in [3.8, 4) is 5.75 Å². The molecule has 2 atom stereocenters. The number of hydrogen-bond donors (Lipinski definition) is 2. The number of carboxylic acids is 1. The van der Waals surface area contributed by atoms with Crippen molar-refractivity contribution in [2.75, 3.05) is 19.0 Å². The number of anilines is 1. The molecule has 1 heterocycles. The lowest BCUT2D eigenvalue weighted by molar-refractivity contribution is -0.142. The first-order valence-corrected chi connectivity index (χ1v) is 10.7. The van der Waals surface area contributed by atoms with Crippen LogP contribution in [0.15, 0.2) is 72.8 Å². The van der Waals surface area contributed by atoms with Crippen LogP contribution in [0, 0.1) is 5.92 Å². The van der Waals surface area contributed by atoms with Gasteiger partial charge in [-0.15, -0.1) is 0 Å². The molecule has 31 heavy (non-hydrogen) atoms. The van der Waals surface area contributed by atoms with E-state index in [0.29, 0.717) is 19.4 Å². The first kappa shape index (κ1) is 22.3. The number of aromatic nitrogens is 1. The number of hydrogen-bond acceptors (Lipinski definition) is 4. The fourth-order valence-electron chi connectivity index (χ4n) is 3.83. The molecule has 2 N–H and O–H groups in total. The van der Waals surface area contributed by atoms with Gasteiger partial charge in [0.15, 0.2) is 0 Å². The second kappa shape index (κ2) is 11.2. The molecular formula is C26H30N2O3. The van der Waals surface area contributed by atoms with Gasteiger partial charge in [-0.3, -0.25) is 4.79 Å². The van der Waals surface area contributed by atoms with E-state index in [1.165, 1.54) is 0 Å². The molecule has 5 heteroatoms. The Balaban J connectivity index is 1.63.